The van der Waals surface area contributed by atoms with Gasteiger partial charge in [-0.1, -0.05) is 90.3 Å². The highest BCUT2D eigenvalue weighted by Gasteiger charge is 2.47. The number of hydrogen-bond acceptors (Lipinski definition) is 2. The van der Waals surface area contributed by atoms with Crippen LogP contribution in [0.5, 0.6) is 0 Å². The van der Waals surface area contributed by atoms with Crippen molar-refractivity contribution in [1.29, 1.82) is 0 Å². The number of terminal acetylenes is 1. The molecule has 1 N–H and O–H groups in total. The minimum absolute atomic E-state index is 0.253. The summed E-state index contributed by atoms with van der Waals surface area (Å²) in [4.78, 5) is 3.61. The molecule has 1 aliphatic rings. The Morgan fingerprint density at radius 3 is 2.24 bits per heavy atom. The molecule has 6 rings (SSSR count). The van der Waals surface area contributed by atoms with Crippen LogP contribution in [-0.4, -0.2) is 13.4 Å². The van der Waals surface area contributed by atoms with Crippen molar-refractivity contribution in [1.82, 2.24) is 4.98 Å². The van der Waals surface area contributed by atoms with Crippen molar-refractivity contribution in [2.24, 2.45) is 0 Å². The quantitative estimate of drug-likeness (QED) is 0.271. The lowest BCUT2D eigenvalue weighted by Gasteiger charge is -2.45. The summed E-state index contributed by atoms with van der Waals surface area (Å²) in [5.74, 6) is 2.41. The number of aromatic nitrogens is 1. The second-order valence-corrected chi connectivity index (χ2v) is 11.3. The van der Waals surface area contributed by atoms with E-state index >= 15 is 0 Å². The van der Waals surface area contributed by atoms with Crippen LogP contribution < -0.4 is 4.31 Å². The van der Waals surface area contributed by atoms with E-state index in [1.54, 1.807) is 16.4 Å². The van der Waals surface area contributed by atoms with Crippen molar-refractivity contribution in [2.45, 2.75) is 29.7 Å². The second kappa shape index (κ2) is 8.99. The van der Waals surface area contributed by atoms with Crippen LogP contribution in [0.4, 0.5) is 5.69 Å². The first-order valence-electron chi connectivity index (χ1n) is 12.3. The summed E-state index contributed by atoms with van der Waals surface area (Å²) >= 11 is 0. The van der Waals surface area contributed by atoms with Crippen LogP contribution in [0.1, 0.15) is 40.1 Å². The van der Waals surface area contributed by atoms with Crippen molar-refractivity contribution in [3.8, 4) is 12.3 Å². The first-order chi connectivity index (χ1) is 18.0. The Morgan fingerprint density at radius 1 is 0.811 bits per heavy atom. The number of H-pyrrole nitrogens is 1. The van der Waals surface area contributed by atoms with E-state index < -0.39 is 16.1 Å². The summed E-state index contributed by atoms with van der Waals surface area (Å²) in [5.41, 5.74) is 5.31. The number of para-hydroxylation sites is 2. The molecule has 5 aromatic rings. The maximum absolute atomic E-state index is 14.5. The topological polar surface area (TPSA) is 53.2 Å². The average molecular weight is 503 g/mol. The Balaban J connectivity index is 1.70. The van der Waals surface area contributed by atoms with Crippen molar-refractivity contribution in [2.75, 3.05) is 4.31 Å². The van der Waals surface area contributed by atoms with Gasteiger partial charge < -0.3 is 4.98 Å². The molecule has 4 nitrogen and oxygen atoms in total. The molecule has 0 amide bonds. The van der Waals surface area contributed by atoms with Crippen LogP contribution in [0.3, 0.4) is 0 Å². The zero-order valence-corrected chi connectivity index (χ0v) is 21.2. The standard InChI is InChI=1S/C32H26N2O2S/c1-3-25-27-14-8-10-16-30(27)34(37(35,36)24-19-17-22(2)18-20-24)32(31(25)23-11-5-4-6-12-23)28-21-33-29-15-9-7-13-26(28)29/h1,4-21,25,31-33H,2H3/t25-,31+,32-/m1/s1. The average Bonchev–Trinajstić information content (AvgIpc) is 3.36. The Bertz CT molecular complexity index is 1730. The van der Waals surface area contributed by atoms with Crippen LogP contribution in [0.15, 0.2) is 114 Å². The van der Waals surface area contributed by atoms with Crippen LogP contribution in [0.2, 0.25) is 0 Å². The smallest absolute Gasteiger partial charge is 0.264 e. The first-order valence-corrected chi connectivity index (χ1v) is 13.7. The van der Waals surface area contributed by atoms with Gasteiger partial charge in [0.25, 0.3) is 10.0 Å². The number of hydrogen-bond donors (Lipinski definition) is 1. The van der Waals surface area contributed by atoms with Crippen molar-refractivity contribution < 1.29 is 8.42 Å². The Morgan fingerprint density at radius 2 is 1.49 bits per heavy atom. The molecule has 0 bridgehead atoms. The molecule has 182 valence electrons. The van der Waals surface area contributed by atoms with Gasteiger partial charge in [-0.25, -0.2) is 8.42 Å². The predicted octanol–water partition coefficient (Wildman–Crippen LogP) is 6.93. The van der Waals surface area contributed by atoms with E-state index in [1.807, 2.05) is 104 Å². The van der Waals surface area contributed by atoms with Gasteiger partial charge in [0.15, 0.2) is 0 Å². The number of aromatic amines is 1. The van der Waals surface area contributed by atoms with Crippen molar-refractivity contribution >= 4 is 26.6 Å². The molecular weight excluding hydrogens is 476 g/mol. The lowest BCUT2D eigenvalue weighted by molar-refractivity contribution is 0.486. The third-order valence-corrected chi connectivity index (χ3v) is 9.15. The number of fused-ring (bicyclic) bond motifs is 2. The molecule has 0 aliphatic carbocycles. The molecule has 0 radical (unpaired) electrons. The largest absolute Gasteiger partial charge is 0.361 e. The molecule has 5 heteroatoms. The van der Waals surface area contributed by atoms with Crippen LogP contribution >= 0.6 is 0 Å². The number of sulfonamides is 1. The summed E-state index contributed by atoms with van der Waals surface area (Å²) in [7, 11) is -3.96. The third-order valence-electron chi connectivity index (χ3n) is 7.34. The molecule has 1 aliphatic heterocycles. The number of nitrogens with one attached hydrogen (secondary N) is 1. The summed E-state index contributed by atoms with van der Waals surface area (Å²) < 4.78 is 30.7. The maximum atomic E-state index is 14.5. The normalized spacial score (nSPS) is 19.4. The fourth-order valence-corrected chi connectivity index (χ4v) is 7.30. The molecule has 0 unspecified atom stereocenters. The third kappa shape index (κ3) is 3.73. The summed E-state index contributed by atoms with van der Waals surface area (Å²) in [5, 5.41) is 0.979. The van der Waals surface area contributed by atoms with E-state index in [9.17, 15) is 8.42 Å². The highest BCUT2D eigenvalue weighted by molar-refractivity contribution is 7.92. The number of nitrogens with zero attached hydrogens (tertiary/aromatic N) is 1. The van der Waals surface area contributed by atoms with Gasteiger partial charge in [-0.15, -0.1) is 6.42 Å². The van der Waals surface area contributed by atoms with Gasteiger partial charge in [-0.2, -0.15) is 0 Å². The molecular formula is C32H26N2O2S. The van der Waals surface area contributed by atoms with E-state index in [-0.39, 0.29) is 16.7 Å². The summed E-state index contributed by atoms with van der Waals surface area (Å²) in [6, 6.07) is 32.1. The summed E-state index contributed by atoms with van der Waals surface area (Å²) in [6.07, 6.45) is 8.17. The number of anilines is 1. The van der Waals surface area contributed by atoms with Gasteiger partial charge in [0.1, 0.15) is 0 Å². The van der Waals surface area contributed by atoms with Crippen LogP contribution in [-0.2, 0) is 10.0 Å². The van der Waals surface area contributed by atoms with E-state index in [0.29, 0.717) is 5.69 Å². The SMILES string of the molecule is C#C[C@@H]1c2ccccc2N(S(=O)(=O)c2ccc(C)cc2)[C@H](c2c[nH]c3ccccc23)[C@H]1c1ccccc1. The molecule has 37 heavy (non-hydrogen) atoms. The Labute approximate surface area is 217 Å². The molecule has 0 saturated carbocycles. The number of aryl methyl sites for hydroxylation is 1. The van der Waals surface area contributed by atoms with E-state index in [4.69, 9.17) is 6.42 Å². The Hall–Kier alpha value is -4.27. The predicted molar refractivity (Wildman–Crippen MR) is 149 cm³/mol. The van der Waals surface area contributed by atoms with Gasteiger partial charge in [-0.3, -0.25) is 4.31 Å². The maximum Gasteiger partial charge on any atom is 0.264 e. The van der Waals surface area contributed by atoms with Crippen LogP contribution in [0.25, 0.3) is 10.9 Å². The zero-order chi connectivity index (χ0) is 25.6. The molecule has 3 atom stereocenters. The van der Waals surface area contributed by atoms with Gasteiger partial charge in [0, 0.05) is 28.6 Å². The van der Waals surface area contributed by atoms with Gasteiger partial charge >= 0.3 is 0 Å². The van der Waals surface area contributed by atoms with Crippen LogP contribution in [0, 0.1) is 19.3 Å². The second-order valence-electron chi connectivity index (χ2n) is 9.49. The molecule has 1 aromatic heterocycles. The van der Waals surface area contributed by atoms with Crippen molar-refractivity contribution in [3.63, 3.8) is 0 Å². The monoisotopic (exact) mass is 502 g/mol. The number of rotatable bonds is 4. The van der Waals surface area contributed by atoms with E-state index in [1.165, 1.54) is 0 Å². The van der Waals surface area contributed by atoms with Gasteiger partial charge in [-0.05, 0) is 42.3 Å². The lowest BCUT2D eigenvalue weighted by atomic mass is 9.72. The molecule has 2 heterocycles. The molecule has 0 fully saturated rings. The number of benzene rings is 4. The minimum atomic E-state index is -3.96. The first kappa shape index (κ1) is 23.1. The lowest BCUT2D eigenvalue weighted by Crippen LogP contribution is -2.43. The molecule has 0 saturated heterocycles. The summed E-state index contributed by atoms with van der Waals surface area (Å²) in [6.45, 7) is 1.95. The fraction of sp³-hybridized carbons (Fsp3) is 0.125. The zero-order valence-electron chi connectivity index (χ0n) is 20.4. The van der Waals surface area contributed by atoms with E-state index in [2.05, 4.69) is 10.9 Å². The highest BCUT2D eigenvalue weighted by atomic mass is 32.2. The van der Waals surface area contributed by atoms with Crippen molar-refractivity contribution in [3.05, 3.63) is 132 Å². The molecule has 0 spiro atoms. The van der Waals surface area contributed by atoms with Gasteiger partial charge in [0.05, 0.1) is 22.5 Å². The Kier molecular flexibility index (Phi) is 5.62. The highest BCUT2D eigenvalue weighted by Crippen LogP contribution is 2.55. The minimum Gasteiger partial charge on any atom is -0.361 e. The fourth-order valence-electron chi connectivity index (χ4n) is 5.63. The van der Waals surface area contributed by atoms with Gasteiger partial charge in [0.2, 0.25) is 0 Å². The molecule has 4 aromatic carbocycles. The van der Waals surface area contributed by atoms with E-state index in [0.717, 1.165) is 33.2 Å².